The number of rotatable bonds is 1. The summed E-state index contributed by atoms with van der Waals surface area (Å²) in [7, 11) is 1.98. The Morgan fingerprint density at radius 2 is 1.75 bits per heavy atom. The molecule has 0 unspecified atom stereocenters. The van der Waals surface area contributed by atoms with Crippen LogP contribution in [-0.2, 0) is 0 Å². The topological polar surface area (TPSA) is 29.3 Å². The maximum Gasteiger partial charge on any atom is 0.0248 e. The molecule has 0 amide bonds. The molecule has 1 spiro atoms. The van der Waals surface area contributed by atoms with Crippen LogP contribution in [-0.4, -0.2) is 18.1 Å². The first-order valence-electron chi connectivity index (χ1n) is 4.19. The maximum atomic E-state index is 5.63. The first-order valence-corrected chi connectivity index (χ1v) is 4.19. The molecule has 0 saturated heterocycles. The van der Waals surface area contributed by atoms with Gasteiger partial charge in [-0.15, -0.1) is 24.8 Å². The van der Waals surface area contributed by atoms with Gasteiger partial charge in [-0.25, -0.2) is 5.01 Å². The van der Waals surface area contributed by atoms with Crippen molar-refractivity contribution in [3.05, 3.63) is 0 Å². The lowest BCUT2D eigenvalue weighted by Crippen LogP contribution is -2.54. The predicted molar refractivity (Wildman–Crippen MR) is 55.8 cm³/mol. The van der Waals surface area contributed by atoms with Crippen molar-refractivity contribution in [2.45, 2.75) is 38.1 Å². The van der Waals surface area contributed by atoms with E-state index in [1.807, 2.05) is 12.1 Å². The molecule has 0 heterocycles. The average Bonchev–Trinajstić information content (AvgIpc) is 1.54. The second-order valence-corrected chi connectivity index (χ2v) is 4.08. The normalized spacial score (nSPS) is 25.2. The van der Waals surface area contributed by atoms with Crippen LogP contribution in [0.2, 0.25) is 0 Å². The van der Waals surface area contributed by atoms with Crippen LogP contribution in [0.1, 0.15) is 32.1 Å². The second kappa shape index (κ2) is 4.14. The second-order valence-electron chi connectivity index (χ2n) is 4.08. The molecule has 2 aliphatic carbocycles. The Morgan fingerprint density at radius 3 is 2.00 bits per heavy atom. The van der Waals surface area contributed by atoms with Gasteiger partial charge >= 0.3 is 0 Å². The van der Waals surface area contributed by atoms with Gasteiger partial charge in [-0.05, 0) is 31.1 Å². The van der Waals surface area contributed by atoms with Crippen molar-refractivity contribution in [2.75, 3.05) is 7.05 Å². The molecule has 0 atom stereocenters. The van der Waals surface area contributed by atoms with Crippen LogP contribution >= 0.6 is 24.8 Å². The van der Waals surface area contributed by atoms with Crippen LogP contribution in [0, 0.1) is 5.41 Å². The lowest BCUT2D eigenvalue weighted by Gasteiger charge is -2.55. The number of halogens is 2. The van der Waals surface area contributed by atoms with Crippen molar-refractivity contribution in [1.82, 2.24) is 5.01 Å². The van der Waals surface area contributed by atoms with Crippen LogP contribution < -0.4 is 5.84 Å². The molecule has 0 aromatic heterocycles. The molecule has 2 aliphatic rings. The monoisotopic (exact) mass is 212 g/mol. The largest absolute Gasteiger partial charge is 0.269 e. The summed E-state index contributed by atoms with van der Waals surface area (Å²) in [5.74, 6) is 5.63. The molecule has 74 valence electrons. The molecular weight excluding hydrogens is 195 g/mol. The fourth-order valence-corrected chi connectivity index (χ4v) is 2.31. The van der Waals surface area contributed by atoms with Gasteiger partial charge in [0, 0.05) is 13.1 Å². The summed E-state index contributed by atoms with van der Waals surface area (Å²) in [4.78, 5) is 0. The fourth-order valence-electron chi connectivity index (χ4n) is 2.31. The summed E-state index contributed by atoms with van der Waals surface area (Å²) < 4.78 is 0. The highest BCUT2D eigenvalue weighted by atomic mass is 35.5. The Balaban J connectivity index is 0.000000605. The minimum absolute atomic E-state index is 0. The molecule has 2 rings (SSSR count). The van der Waals surface area contributed by atoms with E-state index in [4.69, 9.17) is 5.84 Å². The highest BCUT2D eigenvalue weighted by Gasteiger charge is 2.48. The molecule has 0 radical (unpaired) electrons. The molecule has 0 bridgehead atoms. The van der Waals surface area contributed by atoms with Gasteiger partial charge in [-0.2, -0.15) is 0 Å². The zero-order valence-electron chi connectivity index (χ0n) is 7.45. The summed E-state index contributed by atoms with van der Waals surface area (Å²) >= 11 is 0. The highest BCUT2D eigenvalue weighted by molar-refractivity contribution is 5.85. The van der Waals surface area contributed by atoms with Gasteiger partial charge in [0.25, 0.3) is 0 Å². The average molecular weight is 213 g/mol. The van der Waals surface area contributed by atoms with Gasteiger partial charge in [0.15, 0.2) is 0 Å². The van der Waals surface area contributed by atoms with Crippen LogP contribution in [0.3, 0.4) is 0 Å². The molecule has 2 nitrogen and oxygen atoms in total. The van der Waals surface area contributed by atoms with Crippen LogP contribution in [0.5, 0.6) is 0 Å². The lowest BCUT2D eigenvalue weighted by atomic mass is 9.54. The van der Waals surface area contributed by atoms with Crippen molar-refractivity contribution >= 4 is 24.8 Å². The van der Waals surface area contributed by atoms with Crippen molar-refractivity contribution < 1.29 is 0 Å². The minimum atomic E-state index is 0. The third kappa shape index (κ3) is 1.87. The quantitative estimate of drug-likeness (QED) is 0.533. The summed E-state index contributed by atoms with van der Waals surface area (Å²) in [5.41, 5.74) is 0.776. The zero-order chi connectivity index (χ0) is 7.19. The summed E-state index contributed by atoms with van der Waals surface area (Å²) in [5, 5.41) is 1.88. The van der Waals surface area contributed by atoms with Crippen LogP contribution in [0.15, 0.2) is 0 Å². The molecule has 2 N–H and O–H groups in total. The first kappa shape index (κ1) is 12.5. The summed E-state index contributed by atoms with van der Waals surface area (Å²) in [6.45, 7) is 0. The molecule has 2 fully saturated rings. The molecule has 0 aromatic rings. The van der Waals surface area contributed by atoms with Crippen LogP contribution in [0.25, 0.3) is 0 Å². The van der Waals surface area contributed by atoms with Crippen molar-refractivity contribution in [3.8, 4) is 0 Å². The lowest BCUT2D eigenvalue weighted by molar-refractivity contribution is -0.0470. The van der Waals surface area contributed by atoms with Gasteiger partial charge in [0.05, 0.1) is 0 Å². The fraction of sp³-hybridized carbons (Fsp3) is 1.00. The van der Waals surface area contributed by atoms with Crippen molar-refractivity contribution in [2.24, 2.45) is 11.3 Å². The Labute approximate surface area is 86.7 Å². The van der Waals surface area contributed by atoms with E-state index in [9.17, 15) is 0 Å². The van der Waals surface area contributed by atoms with Gasteiger partial charge in [-0.1, -0.05) is 6.42 Å². The first-order chi connectivity index (χ1) is 4.72. The molecule has 0 aliphatic heterocycles. The maximum absolute atomic E-state index is 5.63. The standard InChI is InChI=1S/C8H16N2.2ClH/c1-10(9)7-5-8(6-7)3-2-4-8;;/h7H,2-6,9H2,1H3;2*1H. The van der Waals surface area contributed by atoms with Crippen molar-refractivity contribution in [3.63, 3.8) is 0 Å². The van der Waals surface area contributed by atoms with E-state index in [-0.39, 0.29) is 24.8 Å². The van der Waals surface area contributed by atoms with Crippen molar-refractivity contribution in [1.29, 1.82) is 0 Å². The molecule has 2 saturated carbocycles. The Bertz CT molecular complexity index is 138. The van der Waals surface area contributed by atoms with Gasteiger partial charge in [-0.3, -0.25) is 5.84 Å². The Kier molecular flexibility index (Phi) is 4.31. The summed E-state index contributed by atoms with van der Waals surface area (Å²) in [6, 6.07) is 0.695. The molecule has 0 aromatic carbocycles. The summed E-state index contributed by atoms with van der Waals surface area (Å²) in [6.07, 6.45) is 7.12. The SMILES string of the molecule is CN(N)C1CC2(CCC2)C1.Cl.Cl. The van der Waals surface area contributed by atoms with E-state index in [0.29, 0.717) is 6.04 Å². The molecule has 4 heteroatoms. The van der Waals surface area contributed by atoms with E-state index in [1.54, 1.807) is 0 Å². The third-order valence-electron chi connectivity index (χ3n) is 3.33. The number of nitrogens with two attached hydrogens (primary N) is 1. The van der Waals surface area contributed by atoms with Gasteiger partial charge in [0.1, 0.15) is 0 Å². The van der Waals surface area contributed by atoms with E-state index in [0.717, 1.165) is 5.41 Å². The number of hydrogen-bond donors (Lipinski definition) is 1. The predicted octanol–water partition coefficient (Wildman–Crippen LogP) is 1.97. The van der Waals surface area contributed by atoms with E-state index < -0.39 is 0 Å². The van der Waals surface area contributed by atoms with Crippen LogP contribution in [0.4, 0.5) is 0 Å². The third-order valence-corrected chi connectivity index (χ3v) is 3.33. The van der Waals surface area contributed by atoms with E-state index in [1.165, 1.54) is 32.1 Å². The minimum Gasteiger partial charge on any atom is -0.269 e. The molecule has 12 heavy (non-hydrogen) atoms. The number of hydrogen-bond acceptors (Lipinski definition) is 2. The van der Waals surface area contributed by atoms with E-state index in [2.05, 4.69) is 0 Å². The zero-order valence-corrected chi connectivity index (χ0v) is 9.09. The number of hydrazine groups is 1. The highest BCUT2D eigenvalue weighted by Crippen LogP contribution is 2.56. The van der Waals surface area contributed by atoms with Gasteiger partial charge in [0.2, 0.25) is 0 Å². The van der Waals surface area contributed by atoms with Gasteiger partial charge < -0.3 is 0 Å². The van der Waals surface area contributed by atoms with E-state index >= 15 is 0 Å². The smallest absolute Gasteiger partial charge is 0.0248 e. The molecular formula is C8H18Cl2N2. The number of nitrogens with zero attached hydrogens (tertiary/aromatic N) is 1. The Hall–Kier alpha value is 0.500. The Morgan fingerprint density at radius 1 is 1.25 bits per heavy atom.